The molecule has 2 aromatic heterocycles. The van der Waals surface area contributed by atoms with Crippen molar-refractivity contribution in [2.45, 2.75) is 26.3 Å². The molecule has 1 aliphatic rings. The van der Waals surface area contributed by atoms with Crippen LogP contribution in [0.2, 0.25) is 0 Å². The van der Waals surface area contributed by atoms with Crippen molar-refractivity contribution in [3.8, 4) is 5.69 Å². The largest absolute Gasteiger partial charge is 0.355 e. The highest BCUT2D eigenvalue weighted by Crippen LogP contribution is 2.28. The molecule has 5 rings (SSSR count). The summed E-state index contributed by atoms with van der Waals surface area (Å²) in [6.45, 7) is 4.09. The summed E-state index contributed by atoms with van der Waals surface area (Å²) in [5, 5.41) is 8.64. The molecule has 0 saturated carbocycles. The van der Waals surface area contributed by atoms with E-state index in [-0.39, 0.29) is 11.8 Å². The summed E-state index contributed by atoms with van der Waals surface area (Å²) in [5.41, 5.74) is 3.92. The molecule has 33 heavy (non-hydrogen) atoms. The molecule has 0 spiro atoms. The third-order valence-electron chi connectivity index (χ3n) is 6.07. The molecular weight excluding hydrogens is 480 g/mol. The van der Waals surface area contributed by atoms with Gasteiger partial charge in [-0.3, -0.25) is 4.79 Å². The Balaban J connectivity index is 1.32. The summed E-state index contributed by atoms with van der Waals surface area (Å²) in [5.74, 6) is 0.846. The number of benzene rings is 2. The average molecular weight is 505 g/mol. The van der Waals surface area contributed by atoms with Crippen LogP contribution in [0.1, 0.15) is 24.0 Å². The van der Waals surface area contributed by atoms with E-state index < -0.39 is 0 Å². The summed E-state index contributed by atoms with van der Waals surface area (Å²) in [6, 6.07) is 16.2. The Morgan fingerprint density at radius 2 is 1.91 bits per heavy atom. The Hall–Kier alpha value is -3.26. The quantitative estimate of drug-likeness (QED) is 0.435. The van der Waals surface area contributed by atoms with Gasteiger partial charge in [0.2, 0.25) is 5.91 Å². The zero-order valence-corrected chi connectivity index (χ0v) is 20.0. The Morgan fingerprint density at radius 1 is 1.12 bits per heavy atom. The zero-order valence-electron chi connectivity index (χ0n) is 18.4. The van der Waals surface area contributed by atoms with Crippen molar-refractivity contribution in [1.29, 1.82) is 0 Å². The normalized spacial score (nSPS) is 16.2. The number of amides is 1. The van der Waals surface area contributed by atoms with Gasteiger partial charge in [-0.15, -0.1) is 5.10 Å². The van der Waals surface area contributed by atoms with Gasteiger partial charge >= 0.3 is 0 Å². The molecule has 1 atom stereocenters. The lowest BCUT2D eigenvalue weighted by molar-refractivity contribution is -0.125. The minimum absolute atomic E-state index is 0.0774. The van der Waals surface area contributed by atoms with Crippen LogP contribution in [0.25, 0.3) is 16.7 Å². The zero-order chi connectivity index (χ0) is 22.8. The highest BCUT2D eigenvalue weighted by molar-refractivity contribution is 9.10. The van der Waals surface area contributed by atoms with Crippen molar-refractivity contribution in [3.63, 3.8) is 0 Å². The number of aromatic nitrogens is 4. The van der Waals surface area contributed by atoms with Crippen LogP contribution in [-0.4, -0.2) is 38.7 Å². The molecule has 1 aliphatic heterocycles. The number of hydrogen-bond donors (Lipinski definition) is 1. The van der Waals surface area contributed by atoms with Crippen LogP contribution in [0.5, 0.6) is 0 Å². The summed E-state index contributed by atoms with van der Waals surface area (Å²) >= 11 is 3.44. The summed E-state index contributed by atoms with van der Waals surface area (Å²) in [6.07, 6.45) is 5.35. The second kappa shape index (κ2) is 9.31. The Kier molecular flexibility index (Phi) is 6.09. The molecule has 1 unspecified atom stereocenters. The van der Waals surface area contributed by atoms with Gasteiger partial charge in [-0.2, -0.15) is 0 Å². The first-order valence-electron chi connectivity index (χ1n) is 11.1. The second-order valence-electron chi connectivity index (χ2n) is 8.47. The van der Waals surface area contributed by atoms with E-state index in [9.17, 15) is 4.79 Å². The SMILES string of the molecule is Cc1ccc(-n2cc3c(N4CCCC(C(=O)NCc5ccc(Br)cc5)C4)ncnc3n2)cc1. The molecule has 0 radical (unpaired) electrons. The molecule has 0 bridgehead atoms. The van der Waals surface area contributed by atoms with E-state index in [4.69, 9.17) is 0 Å². The van der Waals surface area contributed by atoms with Crippen LogP contribution >= 0.6 is 15.9 Å². The van der Waals surface area contributed by atoms with Gasteiger partial charge in [-0.05, 0) is 49.6 Å². The Morgan fingerprint density at radius 3 is 2.70 bits per heavy atom. The van der Waals surface area contributed by atoms with E-state index in [0.717, 1.165) is 46.3 Å². The second-order valence-corrected chi connectivity index (χ2v) is 9.39. The topological polar surface area (TPSA) is 75.9 Å². The van der Waals surface area contributed by atoms with Gasteiger partial charge in [0.25, 0.3) is 0 Å². The molecule has 4 aromatic rings. The van der Waals surface area contributed by atoms with E-state index in [1.807, 2.05) is 47.3 Å². The molecule has 0 aliphatic carbocycles. The summed E-state index contributed by atoms with van der Waals surface area (Å²) < 4.78 is 2.87. The van der Waals surface area contributed by atoms with Gasteiger partial charge in [0, 0.05) is 30.3 Å². The highest BCUT2D eigenvalue weighted by atomic mass is 79.9. The molecule has 168 valence electrons. The predicted molar refractivity (Wildman–Crippen MR) is 132 cm³/mol. The van der Waals surface area contributed by atoms with Crippen LogP contribution in [-0.2, 0) is 11.3 Å². The van der Waals surface area contributed by atoms with Crippen molar-refractivity contribution in [3.05, 3.63) is 76.7 Å². The van der Waals surface area contributed by atoms with E-state index in [0.29, 0.717) is 18.7 Å². The monoisotopic (exact) mass is 504 g/mol. The molecular formula is C25H25BrN6O. The van der Waals surface area contributed by atoms with Crippen molar-refractivity contribution < 1.29 is 4.79 Å². The van der Waals surface area contributed by atoms with Gasteiger partial charge in [0.1, 0.15) is 12.1 Å². The van der Waals surface area contributed by atoms with Gasteiger partial charge in [0.05, 0.1) is 17.0 Å². The minimum atomic E-state index is -0.0774. The van der Waals surface area contributed by atoms with Gasteiger partial charge in [0.15, 0.2) is 5.65 Å². The van der Waals surface area contributed by atoms with Crippen LogP contribution < -0.4 is 10.2 Å². The fourth-order valence-electron chi connectivity index (χ4n) is 4.23. The van der Waals surface area contributed by atoms with Crippen LogP contribution in [0.15, 0.2) is 65.5 Å². The predicted octanol–water partition coefficient (Wildman–Crippen LogP) is 4.42. The first-order valence-corrected chi connectivity index (χ1v) is 11.9. The number of anilines is 1. The van der Waals surface area contributed by atoms with Crippen molar-refractivity contribution in [2.24, 2.45) is 5.92 Å². The molecule has 1 fully saturated rings. The third kappa shape index (κ3) is 4.75. The third-order valence-corrected chi connectivity index (χ3v) is 6.59. The van der Waals surface area contributed by atoms with Crippen molar-refractivity contribution >= 4 is 38.7 Å². The molecule has 2 aromatic carbocycles. The van der Waals surface area contributed by atoms with E-state index in [1.54, 1.807) is 6.33 Å². The summed E-state index contributed by atoms with van der Waals surface area (Å²) in [7, 11) is 0. The van der Waals surface area contributed by atoms with E-state index in [2.05, 4.69) is 60.3 Å². The van der Waals surface area contributed by atoms with E-state index in [1.165, 1.54) is 5.56 Å². The fraction of sp³-hybridized carbons (Fsp3) is 0.280. The highest BCUT2D eigenvalue weighted by Gasteiger charge is 2.28. The number of halogens is 1. The fourth-order valence-corrected chi connectivity index (χ4v) is 4.49. The maximum absolute atomic E-state index is 12.9. The number of aryl methyl sites for hydroxylation is 1. The van der Waals surface area contributed by atoms with Crippen LogP contribution in [0.4, 0.5) is 5.82 Å². The smallest absolute Gasteiger partial charge is 0.225 e. The lowest BCUT2D eigenvalue weighted by Crippen LogP contribution is -2.43. The number of fused-ring (bicyclic) bond motifs is 1. The Bertz CT molecular complexity index is 1270. The molecule has 3 heterocycles. The lowest BCUT2D eigenvalue weighted by Gasteiger charge is -2.33. The maximum Gasteiger partial charge on any atom is 0.225 e. The number of hydrogen-bond acceptors (Lipinski definition) is 5. The molecule has 1 N–H and O–H groups in total. The molecule has 1 saturated heterocycles. The number of nitrogens with one attached hydrogen (secondary N) is 1. The number of rotatable bonds is 5. The molecule has 1 amide bonds. The van der Waals surface area contributed by atoms with Gasteiger partial charge < -0.3 is 10.2 Å². The number of carbonyl (C=O) groups excluding carboxylic acids is 1. The van der Waals surface area contributed by atoms with Crippen molar-refractivity contribution in [2.75, 3.05) is 18.0 Å². The average Bonchev–Trinajstić information content (AvgIpc) is 3.28. The standard InChI is InChI=1S/C25H25BrN6O/c1-17-4-10-21(11-5-17)32-15-22-23(30-32)28-16-29-24(22)31-12-2-3-19(14-31)25(33)27-13-18-6-8-20(26)9-7-18/h4-11,15-16,19H,2-3,12-14H2,1H3,(H,27,33). The maximum atomic E-state index is 12.9. The van der Waals surface area contributed by atoms with Gasteiger partial charge in [-0.1, -0.05) is 45.8 Å². The first kappa shape index (κ1) is 21.6. The lowest BCUT2D eigenvalue weighted by atomic mass is 9.97. The molecule has 8 heteroatoms. The van der Waals surface area contributed by atoms with Crippen LogP contribution in [0.3, 0.4) is 0 Å². The van der Waals surface area contributed by atoms with Crippen molar-refractivity contribution in [1.82, 2.24) is 25.1 Å². The number of carbonyl (C=O) groups is 1. The number of piperidine rings is 1. The van der Waals surface area contributed by atoms with E-state index >= 15 is 0 Å². The Labute approximate surface area is 201 Å². The summed E-state index contributed by atoms with van der Waals surface area (Å²) in [4.78, 5) is 24.0. The number of nitrogens with zero attached hydrogens (tertiary/aromatic N) is 5. The first-order chi connectivity index (χ1) is 16.1. The minimum Gasteiger partial charge on any atom is -0.355 e. The van der Waals surface area contributed by atoms with Gasteiger partial charge in [-0.25, -0.2) is 14.6 Å². The molecule has 7 nitrogen and oxygen atoms in total. The van der Waals surface area contributed by atoms with Crippen LogP contribution in [0, 0.1) is 12.8 Å².